The molecule has 0 bridgehead atoms. The van der Waals surface area contributed by atoms with Gasteiger partial charge in [-0.2, -0.15) is 0 Å². The molecule has 1 aliphatic carbocycles. The largest absolute Gasteiger partial charge is 0.394 e. The minimum absolute atomic E-state index is 0.0509. The lowest BCUT2D eigenvalue weighted by atomic mass is 10.1. The molecule has 0 aliphatic heterocycles. The Morgan fingerprint density at radius 3 is 2.39 bits per heavy atom. The van der Waals surface area contributed by atoms with E-state index >= 15 is 0 Å². The highest BCUT2D eigenvalue weighted by molar-refractivity contribution is 5.95. The number of hydrogen-bond donors (Lipinski definition) is 3. The minimum atomic E-state index is -0.192. The van der Waals surface area contributed by atoms with Crippen molar-refractivity contribution in [3.63, 3.8) is 0 Å². The van der Waals surface area contributed by atoms with Gasteiger partial charge in [-0.15, -0.1) is 0 Å². The normalized spacial score (nSPS) is 19.7. The summed E-state index contributed by atoms with van der Waals surface area (Å²) < 4.78 is 0. The monoisotopic (exact) mass is 318 g/mol. The fourth-order valence-corrected chi connectivity index (χ4v) is 2.59. The number of carbonyl (C=O) groups is 2. The molecule has 1 aromatic rings. The molecule has 5 heteroatoms. The Morgan fingerprint density at radius 1 is 1.30 bits per heavy atom. The van der Waals surface area contributed by atoms with E-state index in [0.29, 0.717) is 6.42 Å². The van der Waals surface area contributed by atoms with Gasteiger partial charge in [-0.25, -0.2) is 0 Å². The smallest absolute Gasteiger partial charge is 0.228 e. The van der Waals surface area contributed by atoms with Crippen LogP contribution in [0.2, 0.25) is 0 Å². The molecule has 0 heterocycles. The Balaban J connectivity index is 1.85. The number of aliphatic hydroxyl groups is 1. The van der Waals surface area contributed by atoms with Gasteiger partial charge in [0.1, 0.15) is 0 Å². The molecule has 2 atom stereocenters. The van der Waals surface area contributed by atoms with Crippen LogP contribution in [0, 0.1) is 11.3 Å². The van der Waals surface area contributed by atoms with E-state index in [4.69, 9.17) is 5.11 Å². The van der Waals surface area contributed by atoms with E-state index in [2.05, 4.69) is 24.5 Å². The maximum absolute atomic E-state index is 12.0. The molecule has 1 aromatic carbocycles. The van der Waals surface area contributed by atoms with Crippen LogP contribution in [0.3, 0.4) is 0 Å². The molecule has 2 rings (SSSR count). The molecule has 0 saturated heterocycles. The van der Waals surface area contributed by atoms with Crippen LogP contribution < -0.4 is 10.6 Å². The first-order chi connectivity index (χ1) is 10.9. The number of nitrogens with one attached hydrogen (secondary N) is 2. The molecule has 0 spiro atoms. The highest BCUT2D eigenvalue weighted by atomic mass is 16.3. The van der Waals surface area contributed by atoms with Crippen LogP contribution in [0.4, 0.5) is 5.69 Å². The van der Waals surface area contributed by atoms with Crippen LogP contribution in [-0.2, 0) is 16.0 Å². The van der Waals surface area contributed by atoms with E-state index < -0.39 is 0 Å². The molecule has 126 valence electrons. The second-order valence-electron chi connectivity index (χ2n) is 6.96. The maximum Gasteiger partial charge on any atom is 0.228 e. The second kappa shape index (κ2) is 7.13. The van der Waals surface area contributed by atoms with Gasteiger partial charge in [-0.05, 0) is 36.0 Å². The number of rotatable bonds is 7. The summed E-state index contributed by atoms with van der Waals surface area (Å²) in [6.45, 7) is 6.05. The number of carbonyl (C=O) groups excluding carboxylic acids is 2. The van der Waals surface area contributed by atoms with E-state index in [0.717, 1.165) is 17.7 Å². The average molecular weight is 318 g/mol. The predicted molar refractivity (Wildman–Crippen MR) is 90.0 cm³/mol. The van der Waals surface area contributed by atoms with Gasteiger partial charge in [0.05, 0.1) is 19.1 Å². The number of benzene rings is 1. The average Bonchev–Trinajstić information content (AvgIpc) is 3.15. The van der Waals surface area contributed by atoms with Crippen LogP contribution in [0.25, 0.3) is 0 Å². The Hall–Kier alpha value is -1.88. The molecule has 5 nitrogen and oxygen atoms in total. The van der Waals surface area contributed by atoms with Gasteiger partial charge in [-0.1, -0.05) is 32.9 Å². The Morgan fingerprint density at radius 2 is 1.91 bits per heavy atom. The van der Waals surface area contributed by atoms with Crippen LogP contribution in [0.1, 0.15) is 39.2 Å². The number of anilines is 1. The first-order valence-electron chi connectivity index (χ1n) is 8.15. The van der Waals surface area contributed by atoms with Gasteiger partial charge in [-0.3, -0.25) is 9.59 Å². The maximum atomic E-state index is 12.0. The van der Waals surface area contributed by atoms with E-state index in [1.807, 2.05) is 31.2 Å². The van der Waals surface area contributed by atoms with Crippen molar-refractivity contribution in [2.75, 3.05) is 11.9 Å². The summed E-state index contributed by atoms with van der Waals surface area (Å²) in [5.41, 5.74) is 1.74. The fourth-order valence-electron chi connectivity index (χ4n) is 2.59. The molecule has 0 radical (unpaired) electrons. The van der Waals surface area contributed by atoms with Crippen LogP contribution in [-0.4, -0.2) is 29.6 Å². The molecule has 2 unspecified atom stereocenters. The van der Waals surface area contributed by atoms with E-state index in [9.17, 15) is 9.59 Å². The molecule has 1 fully saturated rings. The highest BCUT2D eigenvalue weighted by Gasteiger charge is 2.50. The summed E-state index contributed by atoms with van der Waals surface area (Å²) in [5.74, 6) is 0.0501. The lowest BCUT2D eigenvalue weighted by Gasteiger charge is -2.14. The Labute approximate surface area is 137 Å². The van der Waals surface area contributed by atoms with Crippen molar-refractivity contribution in [2.24, 2.45) is 11.3 Å². The number of amides is 2. The summed E-state index contributed by atoms with van der Waals surface area (Å²) in [6, 6.07) is 7.13. The summed E-state index contributed by atoms with van der Waals surface area (Å²) in [5, 5.41) is 14.8. The lowest BCUT2D eigenvalue weighted by Crippen LogP contribution is -2.37. The van der Waals surface area contributed by atoms with Crippen molar-refractivity contribution >= 4 is 17.5 Å². The molecule has 3 N–H and O–H groups in total. The van der Waals surface area contributed by atoms with Gasteiger partial charge in [0.15, 0.2) is 0 Å². The molecular weight excluding hydrogens is 292 g/mol. The van der Waals surface area contributed by atoms with Crippen LogP contribution >= 0.6 is 0 Å². The number of hydrogen-bond acceptors (Lipinski definition) is 3. The molecule has 1 saturated carbocycles. The van der Waals surface area contributed by atoms with Gasteiger partial charge in [0, 0.05) is 11.6 Å². The first kappa shape index (κ1) is 17.5. The van der Waals surface area contributed by atoms with Crippen molar-refractivity contribution in [1.82, 2.24) is 5.32 Å². The third-order valence-corrected chi connectivity index (χ3v) is 4.49. The van der Waals surface area contributed by atoms with Crippen molar-refractivity contribution in [3.05, 3.63) is 29.8 Å². The van der Waals surface area contributed by atoms with E-state index in [1.165, 1.54) is 0 Å². The summed E-state index contributed by atoms with van der Waals surface area (Å²) in [6.07, 6.45) is 1.89. The molecule has 0 aromatic heterocycles. The standard InChI is InChI=1S/C18H26N2O3/c1-4-13(11-21)19-16(22)9-12-5-7-14(8-6-12)20-17(23)15-10-18(15,2)3/h5-8,13,15,21H,4,9-11H2,1-3H3,(H,19,22)(H,20,23). The van der Waals surface area contributed by atoms with Crippen LogP contribution in [0.15, 0.2) is 24.3 Å². The van der Waals surface area contributed by atoms with Gasteiger partial charge >= 0.3 is 0 Å². The molecule has 2 amide bonds. The predicted octanol–water partition coefficient (Wildman–Crippen LogP) is 2.10. The number of aliphatic hydroxyl groups excluding tert-OH is 1. The SMILES string of the molecule is CCC(CO)NC(=O)Cc1ccc(NC(=O)C2CC2(C)C)cc1. The summed E-state index contributed by atoms with van der Waals surface area (Å²) in [7, 11) is 0. The van der Waals surface area contributed by atoms with Gasteiger partial charge < -0.3 is 15.7 Å². The molecular formula is C18H26N2O3. The molecule has 1 aliphatic rings. The van der Waals surface area contributed by atoms with Gasteiger partial charge in [0.2, 0.25) is 11.8 Å². The van der Waals surface area contributed by atoms with Crippen molar-refractivity contribution in [1.29, 1.82) is 0 Å². The third-order valence-electron chi connectivity index (χ3n) is 4.49. The van der Waals surface area contributed by atoms with E-state index in [1.54, 1.807) is 0 Å². The van der Waals surface area contributed by atoms with Crippen molar-refractivity contribution in [3.8, 4) is 0 Å². The lowest BCUT2D eigenvalue weighted by molar-refractivity contribution is -0.121. The Bertz CT molecular complexity index is 562. The quantitative estimate of drug-likeness (QED) is 0.720. The van der Waals surface area contributed by atoms with Gasteiger partial charge in [0.25, 0.3) is 0 Å². The first-order valence-corrected chi connectivity index (χ1v) is 8.15. The van der Waals surface area contributed by atoms with Crippen molar-refractivity contribution in [2.45, 2.75) is 46.1 Å². The Kier molecular flexibility index (Phi) is 5.42. The minimum Gasteiger partial charge on any atom is -0.394 e. The zero-order valence-corrected chi connectivity index (χ0v) is 14.1. The third kappa shape index (κ3) is 4.79. The van der Waals surface area contributed by atoms with Crippen LogP contribution in [0.5, 0.6) is 0 Å². The van der Waals surface area contributed by atoms with Crippen molar-refractivity contribution < 1.29 is 14.7 Å². The summed E-state index contributed by atoms with van der Waals surface area (Å²) >= 11 is 0. The second-order valence-corrected chi connectivity index (χ2v) is 6.96. The molecule has 23 heavy (non-hydrogen) atoms. The zero-order valence-electron chi connectivity index (χ0n) is 14.1. The topological polar surface area (TPSA) is 78.4 Å². The zero-order chi connectivity index (χ0) is 17.0. The van der Waals surface area contributed by atoms with E-state index in [-0.39, 0.29) is 42.2 Å². The highest BCUT2D eigenvalue weighted by Crippen LogP contribution is 2.51. The fraction of sp³-hybridized carbons (Fsp3) is 0.556. The summed E-state index contributed by atoms with van der Waals surface area (Å²) in [4.78, 5) is 23.9.